The van der Waals surface area contributed by atoms with Crippen LogP contribution in [-0.4, -0.2) is 51.1 Å². The summed E-state index contributed by atoms with van der Waals surface area (Å²) in [6.45, 7) is 2.49. The number of likely N-dealkylation sites (N-methyl/N-ethyl adjacent to an activating group) is 1. The van der Waals surface area contributed by atoms with E-state index in [-0.39, 0.29) is 5.56 Å². The maximum absolute atomic E-state index is 12.1. The Morgan fingerprint density at radius 3 is 2.96 bits per heavy atom. The molecule has 2 aromatic rings. The van der Waals surface area contributed by atoms with Gasteiger partial charge in [-0.1, -0.05) is 0 Å². The Morgan fingerprint density at radius 1 is 1.29 bits per heavy atom. The molecule has 0 N–H and O–H groups in total. The van der Waals surface area contributed by atoms with Crippen molar-refractivity contribution in [3.63, 3.8) is 0 Å². The van der Waals surface area contributed by atoms with Crippen molar-refractivity contribution in [2.45, 2.75) is 31.8 Å². The molecule has 0 aromatic carbocycles. The highest BCUT2D eigenvalue weighted by atomic mass is 16.1. The van der Waals surface area contributed by atoms with Crippen molar-refractivity contribution in [2.24, 2.45) is 7.05 Å². The molecule has 2 aromatic heterocycles. The van der Waals surface area contributed by atoms with Crippen LogP contribution >= 0.6 is 0 Å². The average Bonchev–Trinajstić information content (AvgIpc) is 2.98. The predicted molar refractivity (Wildman–Crippen MR) is 91.0 cm³/mol. The maximum atomic E-state index is 12.1. The van der Waals surface area contributed by atoms with Gasteiger partial charge in [0.25, 0.3) is 5.56 Å². The summed E-state index contributed by atoms with van der Waals surface area (Å²) in [4.78, 5) is 16.6. The monoisotopic (exact) mass is 326 g/mol. The minimum atomic E-state index is -0.0231. The van der Waals surface area contributed by atoms with Gasteiger partial charge in [-0.3, -0.25) is 9.69 Å². The first-order valence-electron chi connectivity index (χ1n) is 8.43. The zero-order chi connectivity index (χ0) is 16.7. The van der Waals surface area contributed by atoms with Gasteiger partial charge in [-0.25, -0.2) is 4.68 Å². The van der Waals surface area contributed by atoms with Crippen molar-refractivity contribution in [1.29, 1.82) is 0 Å². The number of anilines is 1. The van der Waals surface area contributed by atoms with Crippen molar-refractivity contribution in [1.82, 2.24) is 24.9 Å². The van der Waals surface area contributed by atoms with Crippen molar-refractivity contribution >= 4 is 5.82 Å². The second-order valence-corrected chi connectivity index (χ2v) is 6.79. The van der Waals surface area contributed by atoms with Gasteiger partial charge in [0.05, 0.1) is 5.69 Å². The first kappa shape index (κ1) is 15.3. The van der Waals surface area contributed by atoms with E-state index in [9.17, 15) is 4.79 Å². The van der Waals surface area contributed by atoms with Gasteiger partial charge in [-0.15, -0.1) is 5.10 Å². The molecule has 1 aliphatic carbocycles. The van der Waals surface area contributed by atoms with E-state index in [2.05, 4.69) is 38.2 Å². The van der Waals surface area contributed by atoms with Gasteiger partial charge in [-0.2, -0.15) is 10.2 Å². The Bertz CT molecular complexity index is 811. The van der Waals surface area contributed by atoms with E-state index in [0.29, 0.717) is 12.6 Å². The van der Waals surface area contributed by atoms with E-state index in [1.807, 2.05) is 0 Å². The number of fused-ring (bicyclic) bond motifs is 1. The second-order valence-electron chi connectivity index (χ2n) is 6.79. The molecule has 126 valence electrons. The number of rotatable bonds is 4. The van der Waals surface area contributed by atoms with Crippen LogP contribution in [0.4, 0.5) is 5.82 Å². The molecule has 0 saturated carbocycles. The van der Waals surface area contributed by atoms with Gasteiger partial charge < -0.3 is 4.90 Å². The minimum absolute atomic E-state index is 0.0231. The van der Waals surface area contributed by atoms with Crippen molar-refractivity contribution in [3.05, 3.63) is 45.5 Å². The molecule has 7 nitrogen and oxygen atoms in total. The third-order valence-corrected chi connectivity index (χ3v) is 5.12. The fourth-order valence-electron chi connectivity index (χ4n) is 3.47. The van der Waals surface area contributed by atoms with E-state index in [1.54, 1.807) is 19.3 Å². The Balaban J connectivity index is 1.38. The molecule has 7 heteroatoms. The lowest BCUT2D eigenvalue weighted by Crippen LogP contribution is -2.58. The molecule has 3 heterocycles. The minimum Gasteiger partial charge on any atom is -0.352 e. The van der Waals surface area contributed by atoms with Crippen LogP contribution in [0.3, 0.4) is 0 Å². The quantitative estimate of drug-likeness (QED) is 0.809. The predicted octanol–water partition coefficient (Wildman–Crippen LogP) is 0.380. The number of aryl methyl sites for hydroxylation is 3. The summed E-state index contributed by atoms with van der Waals surface area (Å²) in [6, 6.07) is 4.43. The number of aromatic nitrogens is 4. The zero-order valence-corrected chi connectivity index (χ0v) is 14.1. The first-order valence-corrected chi connectivity index (χ1v) is 8.43. The van der Waals surface area contributed by atoms with Crippen LogP contribution in [0.2, 0.25) is 0 Å². The zero-order valence-electron chi connectivity index (χ0n) is 14.1. The normalized spacial score (nSPS) is 17.2. The van der Waals surface area contributed by atoms with E-state index in [4.69, 9.17) is 0 Å². The average molecular weight is 326 g/mol. The molecular formula is C17H22N6O. The molecule has 1 fully saturated rings. The lowest BCUT2D eigenvalue weighted by molar-refractivity contribution is 0.195. The molecule has 0 amide bonds. The van der Waals surface area contributed by atoms with E-state index >= 15 is 0 Å². The van der Waals surface area contributed by atoms with Gasteiger partial charge in [0.2, 0.25) is 0 Å². The third-order valence-electron chi connectivity index (χ3n) is 5.12. The molecule has 0 bridgehead atoms. The van der Waals surface area contributed by atoms with Crippen LogP contribution in [0, 0.1) is 0 Å². The van der Waals surface area contributed by atoms with E-state index < -0.39 is 0 Å². The molecular weight excluding hydrogens is 304 g/mol. The van der Waals surface area contributed by atoms with Crippen LogP contribution in [-0.2, 0) is 26.4 Å². The first-order chi connectivity index (χ1) is 11.6. The molecule has 1 aliphatic heterocycles. The summed E-state index contributed by atoms with van der Waals surface area (Å²) >= 11 is 0. The van der Waals surface area contributed by atoms with Gasteiger partial charge in [-0.05, 0) is 44.0 Å². The van der Waals surface area contributed by atoms with Crippen LogP contribution < -0.4 is 10.5 Å². The lowest BCUT2D eigenvalue weighted by atomic mass is 10.1. The summed E-state index contributed by atoms with van der Waals surface area (Å²) in [5.41, 5.74) is 3.29. The third kappa shape index (κ3) is 2.69. The summed E-state index contributed by atoms with van der Waals surface area (Å²) in [6.07, 6.45) is 5.06. The molecule has 2 aliphatic rings. The summed E-state index contributed by atoms with van der Waals surface area (Å²) in [7, 11) is 3.75. The standard InChI is InChI=1S/C17H22N6O/c1-21(9-13-6-7-18-22(2)17(13)24)14-10-23(11-14)16-8-12-4-3-5-15(12)19-20-16/h6-8,14H,3-5,9-11H2,1-2H3. The molecule has 0 spiro atoms. The van der Waals surface area contributed by atoms with Crippen LogP contribution in [0.15, 0.2) is 23.1 Å². The van der Waals surface area contributed by atoms with Gasteiger partial charge in [0.15, 0.2) is 5.82 Å². The molecule has 4 rings (SSSR count). The van der Waals surface area contributed by atoms with Crippen molar-refractivity contribution in [3.8, 4) is 0 Å². The second kappa shape index (κ2) is 5.98. The van der Waals surface area contributed by atoms with Gasteiger partial charge >= 0.3 is 0 Å². The highest BCUT2D eigenvalue weighted by Gasteiger charge is 2.32. The van der Waals surface area contributed by atoms with Crippen LogP contribution in [0.25, 0.3) is 0 Å². The lowest BCUT2D eigenvalue weighted by Gasteiger charge is -2.44. The number of hydrogen-bond acceptors (Lipinski definition) is 6. The highest BCUT2D eigenvalue weighted by Crippen LogP contribution is 2.26. The summed E-state index contributed by atoms with van der Waals surface area (Å²) in [5.74, 6) is 0.986. The van der Waals surface area contributed by atoms with Crippen LogP contribution in [0.1, 0.15) is 23.2 Å². The smallest absolute Gasteiger partial charge is 0.270 e. The van der Waals surface area contributed by atoms with Crippen LogP contribution in [0.5, 0.6) is 0 Å². The van der Waals surface area contributed by atoms with Gasteiger partial charge in [0, 0.05) is 44.5 Å². The SMILES string of the molecule is CN(Cc1ccnn(C)c1=O)C1CN(c2cc3c(nn2)CCC3)C1. The molecule has 24 heavy (non-hydrogen) atoms. The van der Waals surface area contributed by atoms with E-state index in [0.717, 1.165) is 37.3 Å². The fourth-order valence-corrected chi connectivity index (χ4v) is 3.47. The number of nitrogens with zero attached hydrogens (tertiary/aromatic N) is 6. The Hall–Kier alpha value is -2.28. The Labute approximate surface area is 140 Å². The van der Waals surface area contributed by atoms with Crippen molar-refractivity contribution in [2.75, 3.05) is 25.0 Å². The Morgan fingerprint density at radius 2 is 2.12 bits per heavy atom. The highest BCUT2D eigenvalue weighted by molar-refractivity contribution is 5.45. The van der Waals surface area contributed by atoms with E-state index in [1.165, 1.54) is 22.4 Å². The van der Waals surface area contributed by atoms with Crippen molar-refractivity contribution < 1.29 is 0 Å². The largest absolute Gasteiger partial charge is 0.352 e. The maximum Gasteiger partial charge on any atom is 0.270 e. The molecule has 0 radical (unpaired) electrons. The van der Waals surface area contributed by atoms with Gasteiger partial charge in [0.1, 0.15) is 0 Å². The molecule has 0 unspecified atom stereocenters. The topological polar surface area (TPSA) is 67.2 Å². The molecule has 0 atom stereocenters. The summed E-state index contributed by atoms with van der Waals surface area (Å²) < 4.78 is 1.39. The fraction of sp³-hybridized carbons (Fsp3) is 0.529. The molecule has 1 saturated heterocycles. The Kier molecular flexibility index (Phi) is 3.80. The number of hydrogen-bond donors (Lipinski definition) is 0. The summed E-state index contributed by atoms with van der Waals surface area (Å²) in [5, 5.41) is 12.7.